The van der Waals surface area contributed by atoms with Crippen LogP contribution in [0.4, 0.5) is 0 Å². The van der Waals surface area contributed by atoms with Crippen LogP contribution in [0.15, 0.2) is 0 Å². The summed E-state index contributed by atoms with van der Waals surface area (Å²) in [4.78, 5) is 0. The Labute approximate surface area is 45.9 Å². The van der Waals surface area contributed by atoms with Crippen molar-refractivity contribution in [2.24, 2.45) is 17.8 Å². The smallest absolute Gasteiger partial charge is 0.0363 e. The molecule has 0 unspecified atom stereocenters. The first-order valence-electron chi connectivity index (χ1n) is 3.22. The maximum absolute atomic E-state index is 2.34. The Hall–Kier alpha value is 0. The van der Waals surface area contributed by atoms with Gasteiger partial charge in [0.05, 0.1) is 0 Å². The highest BCUT2D eigenvalue weighted by molar-refractivity contribution is 4.84. The molecule has 0 aromatic heterocycles. The van der Waals surface area contributed by atoms with Gasteiger partial charge in [-0.1, -0.05) is 20.8 Å². The first-order chi connectivity index (χ1) is 3.22. The first kappa shape index (κ1) is 5.14. The Bertz CT molecular complexity index is 64.4. The molecule has 1 aliphatic rings. The molecule has 0 nitrogen and oxygen atoms in total. The summed E-state index contributed by atoms with van der Waals surface area (Å²) in [6, 6.07) is 0. The van der Waals surface area contributed by atoms with Crippen LogP contribution in [-0.2, 0) is 0 Å². The molecule has 7 heavy (non-hydrogen) atoms. The van der Waals surface area contributed by atoms with Gasteiger partial charge in [0.1, 0.15) is 0 Å². The van der Waals surface area contributed by atoms with Crippen LogP contribution in [0.3, 0.4) is 0 Å². The molecule has 0 bridgehead atoms. The van der Waals surface area contributed by atoms with Crippen LogP contribution < -0.4 is 0 Å². The molecule has 0 aromatic carbocycles. The Balaban J connectivity index is 2.20. The molecular formula is C7H14. The van der Waals surface area contributed by atoms with Gasteiger partial charge in [-0.15, -0.1) is 0 Å². The second-order valence-corrected chi connectivity index (χ2v) is 3.12. The van der Waals surface area contributed by atoms with Crippen LogP contribution in [0.25, 0.3) is 0 Å². The van der Waals surface area contributed by atoms with E-state index in [2.05, 4.69) is 20.8 Å². The Morgan fingerprint density at radius 2 is 1.86 bits per heavy atom. The van der Waals surface area contributed by atoms with E-state index in [1.165, 1.54) is 6.42 Å². The van der Waals surface area contributed by atoms with E-state index in [4.69, 9.17) is 0 Å². The normalized spacial score (nSPS) is 39.4. The van der Waals surface area contributed by atoms with E-state index >= 15 is 0 Å². The second-order valence-electron chi connectivity index (χ2n) is 3.12. The lowest BCUT2D eigenvalue weighted by molar-refractivity contribution is 0.530. The zero-order chi connectivity index (χ0) is 5.44. The van der Waals surface area contributed by atoms with Gasteiger partial charge in [-0.2, -0.15) is 0 Å². The predicted octanol–water partition coefficient (Wildman–Crippen LogP) is 2.30. The molecule has 0 aliphatic heterocycles. The van der Waals surface area contributed by atoms with Gasteiger partial charge in [0.2, 0.25) is 0 Å². The molecule has 1 saturated carbocycles. The summed E-state index contributed by atoms with van der Waals surface area (Å²) < 4.78 is 0. The van der Waals surface area contributed by atoms with Crippen molar-refractivity contribution >= 4 is 0 Å². The summed E-state index contributed by atoms with van der Waals surface area (Å²) in [5.74, 6) is 3.05. The first-order valence-corrected chi connectivity index (χ1v) is 3.22. The highest BCUT2D eigenvalue weighted by Crippen LogP contribution is 2.43. The van der Waals surface area contributed by atoms with Gasteiger partial charge in [-0.05, 0) is 24.2 Å². The summed E-state index contributed by atoms with van der Waals surface area (Å²) in [5.41, 5.74) is 0. The molecule has 0 heteroatoms. The van der Waals surface area contributed by atoms with E-state index in [1.54, 1.807) is 0 Å². The third kappa shape index (κ3) is 0.960. The van der Waals surface area contributed by atoms with Crippen LogP contribution in [0, 0.1) is 17.8 Å². The van der Waals surface area contributed by atoms with Crippen LogP contribution in [0.5, 0.6) is 0 Å². The summed E-state index contributed by atoms with van der Waals surface area (Å²) in [6.07, 6.45) is 1.48. The summed E-state index contributed by atoms with van der Waals surface area (Å²) in [6.45, 7) is 6.97. The minimum absolute atomic E-state index is 0.940. The van der Waals surface area contributed by atoms with E-state index in [0.717, 1.165) is 17.8 Å². The maximum Gasteiger partial charge on any atom is -0.0363 e. The lowest BCUT2D eigenvalue weighted by atomic mass is 10.1. The lowest BCUT2D eigenvalue weighted by Crippen LogP contribution is -1.89. The molecular weight excluding hydrogens is 84.1 g/mol. The Morgan fingerprint density at radius 3 is 1.86 bits per heavy atom. The highest BCUT2D eigenvalue weighted by atomic mass is 14.4. The Kier molecular flexibility index (Phi) is 1.10. The molecule has 0 saturated heterocycles. The minimum Gasteiger partial charge on any atom is -0.0625 e. The molecule has 1 rings (SSSR count). The predicted molar refractivity (Wildman–Crippen MR) is 32.1 cm³/mol. The number of hydrogen-bond acceptors (Lipinski definition) is 0. The summed E-state index contributed by atoms with van der Waals surface area (Å²) in [5, 5.41) is 0. The summed E-state index contributed by atoms with van der Waals surface area (Å²) in [7, 11) is 0. The van der Waals surface area contributed by atoms with Crippen molar-refractivity contribution in [3.05, 3.63) is 0 Å². The van der Waals surface area contributed by atoms with Crippen LogP contribution in [0.2, 0.25) is 0 Å². The highest BCUT2D eigenvalue weighted by Gasteiger charge is 2.34. The molecule has 1 fully saturated rings. The lowest BCUT2D eigenvalue weighted by Gasteiger charge is -1.97. The van der Waals surface area contributed by atoms with Gasteiger partial charge < -0.3 is 0 Å². The van der Waals surface area contributed by atoms with Crippen molar-refractivity contribution in [1.29, 1.82) is 0 Å². The minimum atomic E-state index is 0.940. The number of hydrogen-bond donors (Lipinski definition) is 0. The van der Waals surface area contributed by atoms with Gasteiger partial charge in [0, 0.05) is 0 Å². The van der Waals surface area contributed by atoms with Crippen LogP contribution >= 0.6 is 0 Å². The van der Waals surface area contributed by atoms with Crippen molar-refractivity contribution < 1.29 is 0 Å². The van der Waals surface area contributed by atoms with E-state index in [-0.39, 0.29) is 0 Å². The SMILES string of the molecule is CC(C)[C@@H]1C[C@H]1C. The van der Waals surface area contributed by atoms with Crippen molar-refractivity contribution in [1.82, 2.24) is 0 Å². The third-order valence-electron chi connectivity index (χ3n) is 2.03. The van der Waals surface area contributed by atoms with Crippen molar-refractivity contribution in [2.75, 3.05) is 0 Å². The monoisotopic (exact) mass is 98.1 g/mol. The topological polar surface area (TPSA) is 0 Å². The van der Waals surface area contributed by atoms with E-state index in [0.29, 0.717) is 0 Å². The van der Waals surface area contributed by atoms with Gasteiger partial charge in [0.15, 0.2) is 0 Å². The zero-order valence-corrected chi connectivity index (χ0v) is 5.44. The quantitative estimate of drug-likeness (QED) is 0.472. The van der Waals surface area contributed by atoms with E-state index in [1.807, 2.05) is 0 Å². The van der Waals surface area contributed by atoms with Crippen molar-refractivity contribution in [3.8, 4) is 0 Å². The molecule has 0 aromatic rings. The van der Waals surface area contributed by atoms with Gasteiger partial charge in [-0.25, -0.2) is 0 Å². The fraction of sp³-hybridized carbons (Fsp3) is 1.00. The Morgan fingerprint density at radius 1 is 1.43 bits per heavy atom. The molecule has 0 N–H and O–H groups in total. The average molecular weight is 98.2 g/mol. The zero-order valence-electron chi connectivity index (χ0n) is 5.44. The maximum atomic E-state index is 2.34. The fourth-order valence-electron chi connectivity index (χ4n) is 1.28. The van der Waals surface area contributed by atoms with Gasteiger partial charge in [0.25, 0.3) is 0 Å². The largest absolute Gasteiger partial charge is 0.0625 e. The molecule has 42 valence electrons. The molecule has 2 atom stereocenters. The molecule has 0 spiro atoms. The van der Waals surface area contributed by atoms with Gasteiger partial charge >= 0.3 is 0 Å². The van der Waals surface area contributed by atoms with Crippen molar-refractivity contribution in [2.45, 2.75) is 27.2 Å². The van der Waals surface area contributed by atoms with Crippen LogP contribution in [0.1, 0.15) is 27.2 Å². The molecule has 1 aliphatic carbocycles. The van der Waals surface area contributed by atoms with E-state index in [9.17, 15) is 0 Å². The number of rotatable bonds is 1. The van der Waals surface area contributed by atoms with E-state index < -0.39 is 0 Å². The average Bonchev–Trinajstić information content (AvgIpc) is 2.17. The summed E-state index contributed by atoms with van der Waals surface area (Å²) >= 11 is 0. The third-order valence-corrected chi connectivity index (χ3v) is 2.03. The molecule has 0 amide bonds. The standard InChI is InChI=1S/C7H14/c1-5(2)7-4-6(7)3/h5-7H,4H2,1-3H3/t6-,7+/m1/s1. The van der Waals surface area contributed by atoms with Crippen molar-refractivity contribution in [3.63, 3.8) is 0 Å². The van der Waals surface area contributed by atoms with Gasteiger partial charge in [-0.3, -0.25) is 0 Å². The molecule has 0 heterocycles. The fourth-order valence-corrected chi connectivity index (χ4v) is 1.28. The molecule has 0 radical (unpaired) electrons. The second kappa shape index (κ2) is 1.50. The van der Waals surface area contributed by atoms with Crippen LogP contribution in [-0.4, -0.2) is 0 Å².